The Morgan fingerprint density at radius 3 is 2.67 bits per heavy atom. The van der Waals surface area contributed by atoms with Crippen molar-refractivity contribution >= 4 is 11.9 Å². The van der Waals surface area contributed by atoms with E-state index >= 15 is 0 Å². The molecular weight excluding hydrogens is 354 g/mol. The molecule has 1 aliphatic rings. The third kappa shape index (κ3) is 4.72. The van der Waals surface area contributed by atoms with Crippen LogP contribution in [0.5, 0.6) is 11.5 Å². The Balaban J connectivity index is 1.60. The highest BCUT2D eigenvalue weighted by molar-refractivity contribution is 5.83. The van der Waals surface area contributed by atoms with Gasteiger partial charge in [-0.1, -0.05) is 0 Å². The number of ether oxygens (including phenoxy) is 3. The van der Waals surface area contributed by atoms with Crippen LogP contribution in [0.1, 0.15) is 19.8 Å². The zero-order valence-corrected chi connectivity index (χ0v) is 15.3. The number of hydrogen-bond donors (Lipinski definition) is 1. The Morgan fingerprint density at radius 1 is 1.26 bits per heavy atom. The first kappa shape index (κ1) is 18.6. The number of carbonyl (C=O) groups is 2. The monoisotopic (exact) mass is 375 g/mol. The smallest absolute Gasteiger partial charge is 0.330 e. The van der Waals surface area contributed by atoms with Gasteiger partial charge in [0.25, 0.3) is 5.91 Å². The third-order valence-electron chi connectivity index (χ3n) is 3.97. The fraction of sp³-hybridized carbons (Fsp3) is 0.471. The second-order valence-electron chi connectivity index (χ2n) is 6.13. The van der Waals surface area contributed by atoms with E-state index in [2.05, 4.69) is 20.7 Å². The molecule has 0 unspecified atom stereocenters. The maximum Gasteiger partial charge on any atom is 0.330 e. The molecule has 1 atom stereocenters. The quantitative estimate of drug-likeness (QED) is 0.666. The van der Waals surface area contributed by atoms with Crippen LogP contribution in [0.3, 0.4) is 0 Å². The predicted octanol–water partition coefficient (Wildman–Crippen LogP) is 0.568. The van der Waals surface area contributed by atoms with E-state index in [-0.39, 0.29) is 18.5 Å². The van der Waals surface area contributed by atoms with Crippen LogP contribution in [0.4, 0.5) is 0 Å². The Labute approximate surface area is 155 Å². The van der Waals surface area contributed by atoms with Crippen molar-refractivity contribution in [2.45, 2.75) is 38.5 Å². The van der Waals surface area contributed by atoms with Gasteiger partial charge >= 0.3 is 5.97 Å². The van der Waals surface area contributed by atoms with Gasteiger partial charge < -0.3 is 19.5 Å². The van der Waals surface area contributed by atoms with Crippen molar-refractivity contribution in [2.75, 3.05) is 14.2 Å². The molecule has 1 N–H and O–H groups in total. The number of aromatic nitrogens is 4. The summed E-state index contributed by atoms with van der Waals surface area (Å²) in [6, 6.07) is 5.40. The number of methoxy groups -OCH3 is 2. The minimum absolute atomic E-state index is 0.208. The van der Waals surface area contributed by atoms with Crippen molar-refractivity contribution < 1.29 is 23.8 Å². The second-order valence-corrected chi connectivity index (χ2v) is 6.13. The number of benzene rings is 1. The maximum atomic E-state index is 12.0. The molecule has 3 rings (SSSR count). The van der Waals surface area contributed by atoms with Gasteiger partial charge in [-0.3, -0.25) is 4.79 Å². The molecule has 1 fully saturated rings. The molecule has 0 spiro atoms. The number of carbonyl (C=O) groups excluding carboxylic acids is 2. The van der Waals surface area contributed by atoms with Crippen LogP contribution in [-0.4, -0.2) is 58.4 Å². The molecule has 10 heteroatoms. The van der Waals surface area contributed by atoms with Crippen molar-refractivity contribution in [3.63, 3.8) is 0 Å². The Hall–Kier alpha value is -3.17. The highest BCUT2D eigenvalue weighted by atomic mass is 16.5. The van der Waals surface area contributed by atoms with E-state index in [9.17, 15) is 9.59 Å². The summed E-state index contributed by atoms with van der Waals surface area (Å²) in [5.41, 5.74) is 0.657. The molecule has 144 valence electrons. The van der Waals surface area contributed by atoms with Gasteiger partial charge in [0.2, 0.25) is 5.82 Å². The molecule has 1 amide bonds. The average Bonchev–Trinajstić information content (AvgIpc) is 3.36. The number of rotatable bonds is 8. The van der Waals surface area contributed by atoms with E-state index in [0.29, 0.717) is 22.9 Å². The standard InChI is InChI=1S/C17H21N5O5/c1-10(17(24)18-12-5-6-12)27-15(23)9-22-20-16(19-21-22)11-4-7-13(25-2)14(8-11)26-3/h4,7-8,10,12H,5-6,9H2,1-3H3,(H,18,24)/t10-/m1/s1. The van der Waals surface area contributed by atoms with Crippen LogP contribution in [0, 0.1) is 0 Å². The van der Waals surface area contributed by atoms with Gasteiger partial charge in [-0.05, 0) is 43.2 Å². The predicted molar refractivity (Wildman–Crippen MR) is 93.1 cm³/mol. The molecule has 1 saturated carbocycles. The topological polar surface area (TPSA) is 117 Å². The minimum Gasteiger partial charge on any atom is -0.493 e. The zero-order valence-electron chi connectivity index (χ0n) is 15.3. The first-order valence-corrected chi connectivity index (χ1v) is 8.50. The summed E-state index contributed by atoms with van der Waals surface area (Å²) in [6.07, 6.45) is 1.06. The van der Waals surface area contributed by atoms with Gasteiger partial charge in [0.1, 0.15) is 0 Å². The van der Waals surface area contributed by atoms with Gasteiger partial charge in [0.05, 0.1) is 14.2 Å². The lowest BCUT2D eigenvalue weighted by atomic mass is 10.2. The van der Waals surface area contributed by atoms with Gasteiger partial charge in [0, 0.05) is 11.6 Å². The average molecular weight is 375 g/mol. The first-order chi connectivity index (χ1) is 13.0. The number of nitrogens with zero attached hydrogens (tertiary/aromatic N) is 4. The fourth-order valence-electron chi connectivity index (χ4n) is 2.35. The molecule has 0 aliphatic heterocycles. The van der Waals surface area contributed by atoms with Crippen molar-refractivity contribution in [3.05, 3.63) is 18.2 Å². The third-order valence-corrected chi connectivity index (χ3v) is 3.97. The lowest BCUT2D eigenvalue weighted by Crippen LogP contribution is -2.37. The summed E-state index contributed by atoms with van der Waals surface area (Å²) < 4.78 is 15.5. The fourth-order valence-corrected chi connectivity index (χ4v) is 2.35. The molecule has 0 radical (unpaired) electrons. The van der Waals surface area contributed by atoms with Gasteiger partial charge in [-0.15, -0.1) is 10.2 Å². The molecule has 10 nitrogen and oxygen atoms in total. The van der Waals surface area contributed by atoms with Crippen molar-refractivity contribution in [1.29, 1.82) is 0 Å². The van der Waals surface area contributed by atoms with E-state index in [1.165, 1.54) is 14.0 Å². The molecule has 27 heavy (non-hydrogen) atoms. The molecular formula is C17H21N5O5. The van der Waals surface area contributed by atoms with Crippen LogP contribution in [0.15, 0.2) is 18.2 Å². The molecule has 1 aliphatic carbocycles. The number of nitrogens with one attached hydrogen (secondary N) is 1. The highest BCUT2D eigenvalue weighted by Gasteiger charge is 2.27. The number of esters is 1. The molecule has 0 bridgehead atoms. The van der Waals surface area contributed by atoms with Crippen molar-refractivity contribution in [3.8, 4) is 22.9 Å². The number of amides is 1. The summed E-state index contributed by atoms with van der Waals surface area (Å²) in [4.78, 5) is 24.9. The molecule has 1 heterocycles. The SMILES string of the molecule is COc1ccc(-c2nnn(CC(=O)O[C@H](C)C(=O)NC3CC3)n2)cc1OC. The normalized spacial score (nSPS) is 14.3. The Morgan fingerprint density at radius 2 is 2.00 bits per heavy atom. The van der Waals surface area contributed by atoms with Crippen LogP contribution < -0.4 is 14.8 Å². The molecule has 2 aromatic rings. The van der Waals surface area contributed by atoms with E-state index < -0.39 is 12.1 Å². The van der Waals surface area contributed by atoms with Crippen LogP contribution in [0.25, 0.3) is 11.4 Å². The van der Waals surface area contributed by atoms with Gasteiger partial charge in [-0.2, -0.15) is 4.80 Å². The van der Waals surface area contributed by atoms with E-state index in [0.717, 1.165) is 17.6 Å². The second kappa shape index (κ2) is 8.02. The lowest BCUT2D eigenvalue weighted by molar-refractivity contribution is -0.155. The minimum atomic E-state index is -0.869. The number of tetrazole rings is 1. The first-order valence-electron chi connectivity index (χ1n) is 8.50. The van der Waals surface area contributed by atoms with Crippen molar-refractivity contribution in [1.82, 2.24) is 25.5 Å². The summed E-state index contributed by atoms with van der Waals surface area (Å²) in [7, 11) is 3.08. The number of hydrogen-bond acceptors (Lipinski definition) is 8. The summed E-state index contributed by atoms with van der Waals surface area (Å²) in [6.45, 7) is 1.28. The highest BCUT2D eigenvalue weighted by Crippen LogP contribution is 2.30. The summed E-state index contributed by atoms with van der Waals surface area (Å²) >= 11 is 0. The van der Waals surface area contributed by atoms with Crippen LogP contribution in [0.2, 0.25) is 0 Å². The van der Waals surface area contributed by atoms with E-state index in [1.54, 1.807) is 25.3 Å². The molecule has 1 aromatic heterocycles. The molecule has 0 saturated heterocycles. The van der Waals surface area contributed by atoms with Gasteiger partial charge in [0.15, 0.2) is 24.1 Å². The molecule has 1 aromatic carbocycles. The maximum absolute atomic E-state index is 12.0. The van der Waals surface area contributed by atoms with E-state index in [4.69, 9.17) is 14.2 Å². The largest absolute Gasteiger partial charge is 0.493 e. The summed E-state index contributed by atoms with van der Waals surface area (Å²) in [5, 5.41) is 14.7. The Bertz CT molecular complexity index is 833. The van der Waals surface area contributed by atoms with Crippen molar-refractivity contribution in [2.24, 2.45) is 0 Å². The van der Waals surface area contributed by atoms with Crippen LogP contribution >= 0.6 is 0 Å². The zero-order chi connectivity index (χ0) is 19.4. The van der Waals surface area contributed by atoms with E-state index in [1.807, 2.05) is 0 Å². The van der Waals surface area contributed by atoms with Crippen LogP contribution in [-0.2, 0) is 20.9 Å². The Kier molecular flexibility index (Phi) is 5.53. The summed E-state index contributed by atoms with van der Waals surface area (Å²) in [5.74, 6) is 0.508. The van der Waals surface area contributed by atoms with Gasteiger partial charge in [-0.25, -0.2) is 4.79 Å². The lowest BCUT2D eigenvalue weighted by Gasteiger charge is -2.12.